The van der Waals surface area contributed by atoms with E-state index in [1.807, 2.05) is 13.8 Å². The average molecular weight is 763 g/mol. The molecule has 0 bridgehead atoms. The standard InChI is InChI=1S/C41H82O6P2.C2H6/c1-3-5-7-9-11-13-15-17-19-21-23-25-27-29-31-33-35-42-48-44-37-41(38-45-48)39-46-49(47-40-41)43-36-34-32-30-28-26-24-22-20-18-16-14-12-10-8-6-4-2;1-2/h3-40H2,1-2H3;1-2H3. The van der Waals surface area contributed by atoms with E-state index in [0.717, 1.165) is 26.1 Å². The summed E-state index contributed by atoms with van der Waals surface area (Å²) in [5, 5.41) is 0. The van der Waals surface area contributed by atoms with Gasteiger partial charge in [0.05, 0.1) is 45.1 Å². The molecule has 0 atom stereocenters. The van der Waals surface area contributed by atoms with Crippen LogP contribution in [0.25, 0.3) is 0 Å². The van der Waals surface area contributed by atoms with Gasteiger partial charge in [-0.15, -0.1) is 0 Å². The first-order valence-corrected chi connectivity index (χ1v) is 24.8. The molecule has 1 spiro atoms. The Morgan fingerprint density at radius 2 is 0.529 bits per heavy atom. The molecule has 0 N–H and O–H groups in total. The Kier molecular flexibility index (Phi) is 37.8. The van der Waals surface area contributed by atoms with Crippen molar-refractivity contribution < 1.29 is 27.1 Å². The molecule has 8 heteroatoms. The maximum atomic E-state index is 5.96. The molecule has 0 aromatic carbocycles. The lowest BCUT2D eigenvalue weighted by molar-refractivity contribution is -0.0761. The van der Waals surface area contributed by atoms with Crippen molar-refractivity contribution in [3.63, 3.8) is 0 Å². The molecule has 0 saturated carbocycles. The van der Waals surface area contributed by atoms with Gasteiger partial charge in [0, 0.05) is 0 Å². The van der Waals surface area contributed by atoms with Crippen LogP contribution in [-0.2, 0) is 27.1 Å². The molecule has 2 aliphatic rings. The Labute approximate surface area is 321 Å². The molecule has 0 aliphatic carbocycles. The molecule has 0 radical (unpaired) electrons. The first-order chi connectivity index (χ1) is 25.3. The van der Waals surface area contributed by atoms with Crippen LogP contribution in [-0.4, -0.2) is 39.6 Å². The summed E-state index contributed by atoms with van der Waals surface area (Å²) in [6.45, 7) is 12.3. The number of unbranched alkanes of at least 4 members (excludes halogenated alkanes) is 30. The van der Waals surface area contributed by atoms with Crippen LogP contribution in [0.2, 0.25) is 0 Å². The van der Waals surface area contributed by atoms with Crippen LogP contribution in [0.4, 0.5) is 0 Å². The molecule has 0 amide bonds. The summed E-state index contributed by atoms with van der Waals surface area (Å²) in [7, 11) is -2.48. The smallest absolute Gasteiger partial charge is 0.312 e. The Morgan fingerprint density at radius 3 is 0.745 bits per heavy atom. The summed E-state index contributed by atoms with van der Waals surface area (Å²) in [6, 6.07) is 0. The van der Waals surface area contributed by atoms with Crippen molar-refractivity contribution in [1.29, 1.82) is 0 Å². The third-order valence-electron chi connectivity index (χ3n) is 10.3. The van der Waals surface area contributed by atoms with Gasteiger partial charge in [-0.25, -0.2) is 0 Å². The van der Waals surface area contributed by atoms with E-state index in [0.29, 0.717) is 26.4 Å². The fourth-order valence-electron chi connectivity index (χ4n) is 6.81. The van der Waals surface area contributed by atoms with Crippen molar-refractivity contribution in [2.24, 2.45) is 5.41 Å². The molecule has 6 nitrogen and oxygen atoms in total. The maximum Gasteiger partial charge on any atom is 0.332 e. The van der Waals surface area contributed by atoms with Crippen LogP contribution in [0, 0.1) is 5.41 Å². The van der Waals surface area contributed by atoms with Crippen LogP contribution >= 0.6 is 17.2 Å². The normalized spacial score (nSPS) is 20.5. The lowest BCUT2D eigenvalue weighted by atomic mass is 9.93. The average Bonchev–Trinajstić information content (AvgIpc) is 3.16. The van der Waals surface area contributed by atoms with E-state index < -0.39 is 17.2 Å². The van der Waals surface area contributed by atoms with E-state index in [4.69, 9.17) is 27.1 Å². The van der Waals surface area contributed by atoms with Crippen molar-refractivity contribution in [3.8, 4) is 0 Å². The SMILES string of the molecule is CC.CCCCCCCCCCCCCCCCCCOP1OCC2(CO1)COP(OCCCCCCCCCCCCCCCCCC)OC2. The van der Waals surface area contributed by atoms with Gasteiger partial charge in [-0.2, -0.15) is 0 Å². The van der Waals surface area contributed by atoms with Gasteiger partial charge in [-0.05, 0) is 12.8 Å². The van der Waals surface area contributed by atoms with Gasteiger partial charge in [0.25, 0.3) is 0 Å². The highest BCUT2D eigenvalue weighted by molar-refractivity contribution is 7.42. The van der Waals surface area contributed by atoms with Gasteiger partial charge in [0.15, 0.2) is 0 Å². The largest absolute Gasteiger partial charge is 0.332 e. The maximum absolute atomic E-state index is 5.96. The van der Waals surface area contributed by atoms with Gasteiger partial charge < -0.3 is 27.1 Å². The Morgan fingerprint density at radius 1 is 0.333 bits per heavy atom. The van der Waals surface area contributed by atoms with E-state index in [1.54, 1.807) is 0 Å². The van der Waals surface area contributed by atoms with Gasteiger partial charge in [0.1, 0.15) is 0 Å². The lowest BCUT2D eigenvalue weighted by Crippen LogP contribution is -2.44. The Balaban J connectivity index is 0.00000638. The van der Waals surface area contributed by atoms with Crippen LogP contribution in [0.3, 0.4) is 0 Å². The highest BCUT2D eigenvalue weighted by atomic mass is 31.2. The highest BCUT2D eigenvalue weighted by Gasteiger charge is 2.43. The zero-order valence-corrected chi connectivity index (χ0v) is 36.5. The molecule has 2 saturated heterocycles. The molecule has 0 aromatic heterocycles. The number of rotatable bonds is 36. The molecule has 306 valence electrons. The molecule has 0 unspecified atom stereocenters. The second-order valence-corrected chi connectivity index (χ2v) is 17.8. The minimum atomic E-state index is -1.24. The van der Waals surface area contributed by atoms with E-state index in [1.165, 1.54) is 193 Å². The highest BCUT2D eigenvalue weighted by Crippen LogP contribution is 2.53. The predicted molar refractivity (Wildman–Crippen MR) is 222 cm³/mol. The first-order valence-electron chi connectivity index (χ1n) is 22.7. The predicted octanol–water partition coefficient (Wildman–Crippen LogP) is 16.1. The zero-order valence-electron chi connectivity index (χ0n) is 34.7. The van der Waals surface area contributed by atoms with E-state index in [9.17, 15) is 0 Å². The second-order valence-electron chi connectivity index (χ2n) is 15.3. The quantitative estimate of drug-likeness (QED) is 0.0468. The zero-order chi connectivity index (χ0) is 36.8. The summed E-state index contributed by atoms with van der Waals surface area (Å²) in [5.41, 5.74) is -0.229. The van der Waals surface area contributed by atoms with Crippen molar-refractivity contribution in [2.75, 3.05) is 39.6 Å². The molecular formula is C43H88O6P2. The van der Waals surface area contributed by atoms with Gasteiger partial charge in [-0.3, -0.25) is 0 Å². The Hall–Kier alpha value is 0.620. The summed E-state index contributed by atoms with van der Waals surface area (Å²) in [5.74, 6) is 0. The van der Waals surface area contributed by atoms with E-state index >= 15 is 0 Å². The molecule has 2 rings (SSSR count). The summed E-state index contributed by atoms with van der Waals surface area (Å²) in [4.78, 5) is 0. The van der Waals surface area contributed by atoms with Crippen molar-refractivity contribution >= 4 is 17.2 Å². The molecule has 2 heterocycles. The van der Waals surface area contributed by atoms with E-state index in [2.05, 4.69) is 13.8 Å². The summed E-state index contributed by atoms with van der Waals surface area (Å²) in [6.07, 6.45) is 44.1. The minimum Gasteiger partial charge on any atom is -0.312 e. The fourth-order valence-corrected chi connectivity index (χ4v) is 9.33. The molecule has 2 aliphatic heterocycles. The van der Waals surface area contributed by atoms with E-state index in [-0.39, 0.29) is 5.41 Å². The third-order valence-corrected chi connectivity index (χ3v) is 12.4. The first kappa shape index (κ1) is 49.6. The van der Waals surface area contributed by atoms with Gasteiger partial charge in [-0.1, -0.05) is 220 Å². The molecule has 51 heavy (non-hydrogen) atoms. The summed E-state index contributed by atoms with van der Waals surface area (Å²) >= 11 is 0. The van der Waals surface area contributed by atoms with Crippen LogP contribution in [0.1, 0.15) is 233 Å². The van der Waals surface area contributed by atoms with Crippen LogP contribution in [0.15, 0.2) is 0 Å². The third kappa shape index (κ3) is 30.5. The lowest BCUT2D eigenvalue weighted by Gasteiger charge is -2.41. The van der Waals surface area contributed by atoms with Crippen molar-refractivity contribution in [2.45, 2.75) is 233 Å². The second kappa shape index (κ2) is 38.9. The summed E-state index contributed by atoms with van der Waals surface area (Å²) < 4.78 is 35.7. The van der Waals surface area contributed by atoms with Gasteiger partial charge in [0.2, 0.25) is 0 Å². The van der Waals surface area contributed by atoms with Crippen molar-refractivity contribution in [1.82, 2.24) is 0 Å². The molecule has 2 fully saturated rings. The Bertz CT molecular complexity index is 611. The van der Waals surface area contributed by atoms with Gasteiger partial charge >= 0.3 is 17.2 Å². The molecular weight excluding hydrogens is 674 g/mol. The fraction of sp³-hybridized carbons (Fsp3) is 1.00. The minimum absolute atomic E-state index is 0.229. The van der Waals surface area contributed by atoms with Crippen LogP contribution in [0.5, 0.6) is 0 Å². The number of hydrogen-bond donors (Lipinski definition) is 0. The topological polar surface area (TPSA) is 55.4 Å². The monoisotopic (exact) mass is 763 g/mol. The van der Waals surface area contributed by atoms with Crippen LogP contribution < -0.4 is 0 Å². The van der Waals surface area contributed by atoms with Crippen molar-refractivity contribution in [3.05, 3.63) is 0 Å². The molecule has 0 aromatic rings. The number of hydrogen-bond acceptors (Lipinski definition) is 6.